The molecular weight excluding hydrogens is 430 g/mol. The average Bonchev–Trinajstić information content (AvgIpc) is 3.08. The number of benzene rings is 2. The van der Waals surface area contributed by atoms with Crippen molar-refractivity contribution in [2.24, 2.45) is 0 Å². The van der Waals surface area contributed by atoms with Gasteiger partial charge in [-0.3, -0.25) is 4.90 Å². The quantitative estimate of drug-likeness (QED) is 0.455. The predicted octanol–water partition coefficient (Wildman–Crippen LogP) is 2.57. The van der Waals surface area contributed by atoms with Gasteiger partial charge in [-0.05, 0) is 31.5 Å². The first-order chi connectivity index (χ1) is 15.7. The lowest BCUT2D eigenvalue weighted by molar-refractivity contribution is -0.165. The lowest BCUT2D eigenvalue weighted by Crippen LogP contribution is -2.39. The lowest BCUT2D eigenvalue weighted by Gasteiger charge is -2.19. The van der Waals surface area contributed by atoms with E-state index in [1.54, 1.807) is 0 Å². The summed E-state index contributed by atoms with van der Waals surface area (Å²) in [4.78, 5) is 21.8. The second kappa shape index (κ2) is 10.5. The molecule has 3 atom stereocenters. The highest BCUT2D eigenvalue weighted by molar-refractivity contribution is 5.88. The van der Waals surface area contributed by atoms with Gasteiger partial charge in [-0.15, -0.1) is 0 Å². The Kier molecular flexibility index (Phi) is 7.70. The van der Waals surface area contributed by atoms with Crippen LogP contribution in [0.2, 0.25) is 0 Å². The van der Waals surface area contributed by atoms with Crippen molar-refractivity contribution >= 4 is 22.7 Å². The fourth-order valence-electron chi connectivity index (χ4n) is 3.64. The van der Waals surface area contributed by atoms with E-state index in [0.29, 0.717) is 0 Å². The van der Waals surface area contributed by atoms with Crippen LogP contribution < -0.4 is 4.74 Å². The third-order valence-electron chi connectivity index (χ3n) is 5.32. The lowest BCUT2D eigenvalue weighted by atomic mass is 10.1. The van der Waals surface area contributed by atoms with Crippen LogP contribution >= 0.6 is 0 Å². The summed E-state index contributed by atoms with van der Waals surface area (Å²) >= 11 is 0. The van der Waals surface area contributed by atoms with Gasteiger partial charge in [-0.25, -0.2) is 9.59 Å². The van der Waals surface area contributed by atoms with Crippen LogP contribution in [0.3, 0.4) is 0 Å². The molecule has 0 fully saturated rings. The zero-order valence-electron chi connectivity index (χ0n) is 18.3. The Morgan fingerprint density at radius 3 is 2.36 bits per heavy atom. The topological polar surface area (TPSA) is 141 Å². The minimum Gasteiger partial charge on any atom is -0.485 e. The van der Waals surface area contributed by atoms with E-state index in [1.165, 1.54) is 10.9 Å². The molecule has 9 heteroatoms. The van der Waals surface area contributed by atoms with E-state index in [1.807, 2.05) is 6.92 Å². The summed E-state index contributed by atoms with van der Waals surface area (Å²) in [7, 11) is 2.13. The molecule has 0 spiro atoms. The highest BCUT2D eigenvalue weighted by atomic mass is 16.5. The van der Waals surface area contributed by atoms with Crippen LogP contribution in [0.4, 0.5) is 0 Å². The second-order valence-electron chi connectivity index (χ2n) is 7.91. The molecule has 1 aliphatic heterocycles. The van der Waals surface area contributed by atoms with Crippen molar-refractivity contribution in [1.82, 2.24) is 4.90 Å². The average molecular weight is 457 g/mol. The van der Waals surface area contributed by atoms with Crippen LogP contribution in [0, 0.1) is 6.92 Å². The Morgan fingerprint density at radius 1 is 1.06 bits per heavy atom. The van der Waals surface area contributed by atoms with Crippen LogP contribution in [0.1, 0.15) is 29.6 Å². The van der Waals surface area contributed by atoms with Gasteiger partial charge in [-0.1, -0.05) is 36.4 Å². The number of hydrogen-bond donors (Lipinski definition) is 4. The summed E-state index contributed by atoms with van der Waals surface area (Å²) in [5, 5.41) is 34.9. The maximum atomic E-state index is 9.77. The summed E-state index contributed by atoms with van der Waals surface area (Å²) < 4.78 is 12.3. The number of carboxylic acid groups (broad SMARTS) is 2. The van der Waals surface area contributed by atoms with Gasteiger partial charge in [0.1, 0.15) is 23.4 Å². The van der Waals surface area contributed by atoms with Crippen molar-refractivity contribution in [3.05, 3.63) is 65.6 Å². The van der Waals surface area contributed by atoms with Crippen LogP contribution in [0.15, 0.2) is 52.9 Å². The molecule has 4 rings (SSSR count). The van der Waals surface area contributed by atoms with Crippen LogP contribution in [0.5, 0.6) is 5.75 Å². The van der Waals surface area contributed by atoms with Crippen molar-refractivity contribution in [2.75, 3.05) is 13.6 Å². The van der Waals surface area contributed by atoms with E-state index >= 15 is 0 Å². The molecular formula is C24H27NO8. The Morgan fingerprint density at radius 2 is 1.70 bits per heavy atom. The zero-order chi connectivity index (χ0) is 24.1. The maximum Gasteiger partial charge on any atom is 0.335 e. The zero-order valence-corrected chi connectivity index (χ0v) is 18.3. The number of nitrogens with zero attached hydrogens (tertiary/aromatic N) is 1. The third kappa shape index (κ3) is 5.89. The van der Waals surface area contributed by atoms with E-state index in [2.05, 4.69) is 60.5 Å². The van der Waals surface area contributed by atoms with Gasteiger partial charge in [0.2, 0.25) is 0 Å². The number of carbonyl (C=O) groups is 2. The number of ether oxygens (including phenoxy) is 1. The molecule has 0 amide bonds. The molecule has 0 aliphatic carbocycles. The molecule has 4 N–H and O–H groups in total. The number of aryl methyl sites for hydroxylation is 1. The number of fused-ring (bicyclic) bond motifs is 2. The Balaban J connectivity index is 0.000000262. The predicted molar refractivity (Wildman–Crippen MR) is 119 cm³/mol. The number of carboxylic acids is 2. The van der Waals surface area contributed by atoms with Gasteiger partial charge in [0.25, 0.3) is 0 Å². The van der Waals surface area contributed by atoms with E-state index in [9.17, 15) is 9.59 Å². The minimum absolute atomic E-state index is 0.0400. The third-order valence-corrected chi connectivity index (χ3v) is 5.32. The standard InChI is InChI=1S/C20H21NO2.C4H6O6/c1-14-12-17-19(10-11-21(2)13-20(17)22-14)23-18-9-5-7-15-6-3-4-8-16(15)18;5-1(3(7)8)2(6)4(9)10/h3-9,12,19H,10-11,13H2,1-2H3;1-2,5-6H,(H,7,8)(H,9,10)/t;1-,2-/m.1/s1. The van der Waals surface area contributed by atoms with Crippen molar-refractivity contribution in [1.29, 1.82) is 0 Å². The minimum atomic E-state index is -2.27. The molecule has 176 valence electrons. The first kappa shape index (κ1) is 24.2. The van der Waals surface area contributed by atoms with Gasteiger partial charge in [0, 0.05) is 23.9 Å². The number of aliphatic carboxylic acids is 2. The van der Waals surface area contributed by atoms with Crippen LogP contribution in [0.25, 0.3) is 10.8 Å². The number of rotatable bonds is 5. The molecule has 33 heavy (non-hydrogen) atoms. The van der Waals surface area contributed by atoms with E-state index in [4.69, 9.17) is 29.6 Å². The summed E-state index contributed by atoms with van der Waals surface area (Å²) in [6.45, 7) is 3.85. The molecule has 1 aliphatic rings. The Labute approximate surface area is 190 Å². The highest BCUT2D eigenvalue weighted by Crippen LogP contribution is 2.35. The Hall–Kier alpha value is -3.40. The number of furan rings is 1. The van der Waals surface area contributed by atoms with E-state index < -0.39 is 24.1 Å². The van der Waals surface area contributed by atoms with Crippen LogP contribution in [-0.2, 0) is 16.1 Å². The van der Waals surface area contributed by atoms with E-state index in [-0.39, 0.29) is 6.10 Å². The molecule has 3 aromatic rings. The van der Waals surface area contributed by atoms with Crippen molar-refractivity contribution < 1.29 is 39.2 Å². The molecule has 0 bridgehead atoms. The fraction of sp³-hybridized carbons (Fsp3) is 0.333. The molecule has 9 nitrogen and oxygen atoms in total. The van der Waals surface area contributed by atoms with Gasteiger partial charge in [0.15, 0.2) is 12.2 Å². The molecule has 2 heterocycles. The molecule has 0 saturated heterocycles. The van der Waals surface area contributed by atoms with Gasteiger partial charge >= 0.3 is 11.9 Å². The number of aliphatic hydroxyl groups excluding tert-OH is 2. The fourth-order valence-corrected chi connectivity index (χ4v) is 3.64. The van der Waals surface area contributed by atoms with Crippen molar-refractivity contribution in [2.45, 2.75) is 38.2 Å². The largest absolute Gasteiger partial charge is 0.485 e. The SMILES string of the molecule is Cc1cc2c(o1)CN(C)CCC2Oc1cccc2ccccc12.O=C(O)[C@H](O)[C@@H](O)C(=O)O. The Bertz CT molecular complexity index is 1100. The maximum absolute atomic E-state index is 9.77. The molecule has 0 radical (unpaired) electrons. The monoisotopic (exact) mass is 457 g/mol. The summed E-state index contributed by atoms with van der Waals surface area (Å²) in [5.74, 6) is -0.600. The molecule has 1 aromatic heterocycles. The normalized spacial score (nSPS) is 17.8. The highest BCUT2D eigenvalue weighted by Gasteiger charge is 2.29. The second-order valence-corrected chi connectivity index (χ2v) is 7.91. The number of hydrogen-bond acceptors (Lipinski definition) is 7. The summed E-state index contributed by atoms with van der Waals surface area (Å²) in [6, 6.07) is 16.7. The van der Waals surface area contributed by atoms with E-state index in [0.717, 1.165) is 42.2 Å². The summed E-state index contributed by atoms with van der Waals surface area (Å²) in [6.07, 6.45) is -3.53. The van der Waals surface area contributed by atoms with Crippen molar-refractivity contribution in [3.8, 4) is 5.75 Å². The van der Waals surface area contributed by atoms with Crippen molar-refractivity contribution in [3.63, 3.8) is 0 Å². The first-order valence-electron chi connectivity index (χ1n) is 10.4. The van der Waals surface area contributed by atoms with Crippen LogP contribution in [-0.4, -0.2) is 63.1 Å². The van der Waals surface area contributed by atoms with Gasteiger partial charge < -0.3 is 29.6 Å². The summed E-state index contributed by atoms with van der Waals surface area (Å²) in [5.41, 5.74) is 1.19. The number of aliphatic hydroxyl groups is 2. The first-order valence-corrected chi connectivity index (χ1v) is 10.4. The smallest absolute Gasteiger partial charge is 0.335 e. The molecule has 2 aromatic carbocycles. The van der Waals surface area contributed by atoms with Gasteiger partial charge in [0.05, 0.1) is 6.54 Å². The molecule has 0 saturated carbocycles. The van der Waals surface area contributed by atoms with Gasteiger partial charge in [-0.2, -0.15) is 0 Å². The molecule has 1 unspecified atom stereocenters.